The Hall–Kier alpha value is -0.235. The fraction of sp³-hybridized carbons (Fsp3) is 0.778. The minimum atomic E-state index is 0.637. The molecule has 1 spiro atoms. The van der Waals surface area contributed by atoms with Crippen LogP contribution in [0.15, 0.2) is 11.6 Å². The molecule has 11 heavy (non-hydrogen) atoms. The van der Waals surface area contributed by atoms with Crippen LogP contribution < -0.4 is 0 Å². The normalized spacial score (nSPS) is 28.6. The summed E-state index contributed by atoms with van der Waals surface area (Å²) in [7, 11) is 2.24. The van der Waals surface area contributed by atoms with Crippen LogP contribution in [0.25, 0.3) is 0 Å². The molecule has 2 aliphatic rings. The summed E-state index contributed by atoms with van der Waals surface area (Å²) in [5.41, 5.74) is 2.29. The Morgan fingerprint density at radius 1 is 1.64 bits per heavy atom. The summed E-state index contributed by atoms with van der Waals surface area (Å²) < 4.78 is 0. The van der Waals surface area contributed by atoms with Gasteiger partial charge in [0.25, 0.3) is 0 Å². The van der Waals surface area contributed by atoms with Gasteiger partial charge in [-0.15, -0.1) is 0 Å². The van der Waals surface area contributed by atoms with Crippen LogP contribution in [-0.4, -0.2) is 25.9 Å². The molecule has 0 aromatic rings. The van der Waals surface area contributed by atoms with E-state index in [1.54, 1.807) is 5.57 Å². The van der Waals surface area contributed by atoms with Gasteiger partial charge < -0.3 is 4.81 Å². The van der Waals surface area contributed by atoms with Gasteiger partial charge in [0.1, 0.15) is 0 Å². The molecular formula is C9H16BN. The van der Waals surface area contributed by atoms with Crippen LogP contribution in [0.3, 0.4) is 0 Å². The molecule has 1 heterocycles. The van der Waals surface area contributed by atoms with E-state index in [0.717, 1.165) is 0 Å². The maximum absolute atomic E-state index is 2.55. The van der Waals surface area contributed by atoms with Crippen LogP contribution in [0.1, 0.15) is 26.2 Å². The highest BCUT2D eigenvalue weighted by molar-refractivity contribution is 6.04. The second-order valence-electron chi connectivity index (χ2n) is 4.19. The van der Waals surface area contributed by atoms with Crippen LogP contribution in [0.4, 0.5) is 0 Å². The Morgan fingerprint density at radius 2 is 2.36 bits per heavy atom. The lowest BCUT2D eigenvalue weighted by molar-refractivity contribution is 0.380. The lowest BCUT2D eigenvalue weighted by Crippen LogP contribution is -2.33. The molecule has 0 amide bonds. The van der Waals surface area contributed by atoms with Crippen molar-refractivity contribution in [2.45, 2.75) is 26.2 Å². The third-order valence-corrected chi connectivity index (χ3v) is 2.91. The summed E-state index contributed by atoms with van der Waals surface area (Å²) in [5, 5.41) is 0. The molecule has 2 heteroatoms. The summed E-state index contributed by atoms with van der Waals surface area (Å²) in [5.74, 6) is 0. The molecule has 1 fully saturated rings. The van der Waals surface area contributed by atoms with Gasteiger partial charge in [-0.1, -0.05) is 18.6 Å². The molecule has 1 saturated carbocycles. The Bertz CT molecular complexity index is 194. The molecule has 60 valence electrons. The topological polar surface area (TPSA) is 3.24 Å². The van der Waals surface area contributed by atoms with Gasteiger partial charge in [0.2, 0.25) is 0 Å². The zero-order valence-corrected chi connectivity index (χ0v) is 7.56. The smallest absolute Gasteiger partial charge is 0.185 e. The number of hydrogen-bond donors (Lipinski definition) is 0. The van der Waals surface area contributed by atoms with Crippen molar-refractivity contribution in [1.82, 2.24) is 4.81 Å². The third kappa shape index (κ3) is 1.37. The SMILES string of the molecule is BN1CC(CC)=CC2(CC2)C1. The molecule has 0 saturated heterocycles. The highest BCUT2D eigenvalue weighted by atomic mass is 15.1. The Kier molecular flexibility index (Phi) is 1.60. The second kappa shape index (κ2) is 2.38. The number of hydrogen-bond acceptors (Lipinski definition) is 1. The fourth-order valence-electron chi connectivity index (χ4n) is 2.14. The zero-order valence-electron chi connectivity index (χ0n) is 7.56. The highest BCUT2D eigenvalue weighted by Crippen LogP contribution is 2.50. The van der Waals surface area contributed by atoms with E-state index in [4.69, 9.17) is 0 Å². The van der Waals surface area contributed by atoms with Gasteiger partial charge in [-0.05, 0) is 25.8 Å². The van der Waals surface area contributed by atoms with Gasteiger partial charge >= 0.3 is 0 Å². The summed E-state index contributed by atoms with van der Waals surface area (Å²) in [6.07, 6.45) is 6.65. The summed E-state index contributed by atoms with van der Waals surface area (Å²) in [4.78, 5) is 2.46. The molecular weight excluding hydrogens is 133 g/mol. The van der Waals surface area contributed by atoms with Gasteiger partial charge in [0.15, 0.2) is 7.98 Å². The molecule has 0 bridgehead atoms. The Labute approximate surface area is 69.9 Å². The van der Waals surface area contributed by atoms with Crippen molar-refractivity contribution in [3.05, 3.63) is 11.6 Å². The van der Waals surface area contributed by atoms with Crippen LogP contribution >= 0.6 is 0 Å². The largest absolute Gasteiger partial charge is 0.345 e. The Morgan fingerprint density at radius 3 is 2.91 bits per heavy atom. The maximum Gasteiger partial charge on any atom is 0.185 e. The molecule has 0 atom stereocenters. The van der Waals surface area contributed by atoms with Crippen LogP contribution in [-0.2, 0) is 0 Å². The number of rotatable bonds is 1. The fourth-order valence-corrected chi connectivity index (χ4v) is 2.14. The quantitative estimate of drug-likeness (QED) is 0.396. The van der Waals surface area contributed by atoms with Crippen molar-refractivity contribution in [1.29, 1.82) is 0 Å². The lowest BCUT2D eigenvalue weighted by Gasteiger charge is -2.29. The van der Waals surface area contributed by atoms with E-state index < -0.39 is 0 Å². The van der Waals surface area contributed by atoms with Crippen LogP contribution in [0.5, 0.6) is 0 Å². The molecule has 0 aromatic carbocycles. The minimum absolute atomic E-state index is 0.637. The van der Waals surface area contributed by atoms with Crippen molar-refractivity contribution >= 4 is 7.98 Å². The molecule has 1 aliphatic heterocycles. The minimum Gasteiger partial charge on any atom is -0.345 e. The van der Waals surface area contributed by atoms with Gasteiger partial charge in [0, 0.05) is 12.0 Å². The van der Waals surface area contributed by atoms with E-state index in [1.165, 1.54) is 32.4 Å². The first-order valence-electron chi connectivity index (χ1n) is 4.63. The first-order chi connectivity index (χ1) is 5.24. The van der Waals surface area contributed by atoms with E-state index in [9.17, 15) is 0 Å². The van der Waals surface area contributed by atoms with Crippen molar-refractivity contribution in [3.8, 4) is 0 Å². The van der Waals surface area contributed by atoms with Crippen molar-refractivity contribution < 1.29 is 0 Å². The average molecular weight is 149 g/mol. The predicted octanol–water partition coefficient (Wildman–Crippen LogP) is 0.967. The molecule has 1 nitrogen and oxygen atoms in total. The van der Waals surface area contributed by atoms with Crippen molar-refractivity contribution in [2.24, 2.45) is 5.41 Å². The van der Waals surface area contributed by atoms with E-state index >= 15 is 0 Å². The van der Waals surface area contributed by atoms with Crippen LogP contribution in [0, 0.1) is 5.41 Å². The van der Waals surface area contributed by atoms with Crippen molar-refractivity contribution in [2.75, 3.05) is 13.1 Å². The number of nitrogens with zero attached hydrogens (tertiary/aromatic N) is 1. The van der Waals surface area contributed by atoms with Crippen molar-refractivity contribution in [3.63, 3.8) is 0 Å². The summed E-state index contributed by atoms with van der Waals surface area (Å²) in [6, 6.07) is 0. The maximum atomic E-state index is 2.55. The molecule has 0 radical (unpaired) electrons. The van der Waals surface area contributed by atoms with Gasteiger partial charge in [0.05, 0.1) is 0 Å². The highest BCUT2D eigenvalue weighted by Gasteiger charge is 2.42. The standard InChI is InChI=1S/C9H16BN/c1-2-8-5-9(3-4-9)7-11(10)6-8/h5H,2-4,6-7,10H2,1H3. The third-order valence-electron chi connectivity index (χ3n) is 2.91. The molecule has 0 aromatic heterocycles. The average Bonchev–Trinajstić information content (AvgIpc) is 2.67. The second-order valence-corrected chi connectivity index (χ2v) is 4.19. The lowest BCUT2D eigenvalue weighted by atomic mass is 9.94. The van der Waals surface area contributed by atoms with E-state index in [-0.39, 0.29) is 0 Å². The molecule has 0 N–H and O–H groups in total. The monoisotopic (exact) mass is 149 g/mol. The molecule has 0 unspecified atom stereocenters. The van der Waals surface area contributed by atoms with E-state index in [0.29, 0.717) is 5.41 Å². The first-order valence-corrected chi connectivity index (χ1v) is 4.63. The van der Waals surface area contributed by atoms with E-state index in [2.05, 4.69) is 25.8 Å². The predicted molar refractivity (Wildman–Crippen MR) is 50.2 cm³/mol. The van der Waals surface area contributed by atoms with Gasteiger partial charge in [-0.2, -0.15) is 0 Å². The first kappa shape index (κ1) is 7.42. The van der Waals surface area contributed by atoms with Gasteiger partial charge in [-0.25, -0.2) is 0 Å². The summed E-state index contributed by atoms with van der Waals surface area (Å²) in [6.45, 7) is 4.77. The Balaban J connectivity index is 2.14. The van der Waals surface area contributed by atoms with E-state index in [1.807, 2.05) is 0 Å². The summed E-state index contributed by atoms with van der Waals surface area (Å²) >= 11 is 0. The zero-order chi connectivity index (χ0) is 7.90. The van der Waals surface area contributed by atoms with Gasteiger partial charge in [-0.3, -0.25) is 0 Å². The molecule has 2 rings (SSSR count). The van der Waals surface area contributed by atoms with Crippen LogP contribution in [0.2, 0.25) is 0 Å². The molecule has 1 aliphatic carbocycles.